The number of ether oxygens (including phenoxy) is 1. The van der Waals surface area contributed by atoms with E-state index in [-0.39, 0.29) is 12.0 Å². The predicted molar refractivity (Wildman–Crippen MR) is 65.0 cm³/mol. The van der Waals surface area contributed by atoms with Gasteiger partial charge in [0.1, 0.15) is 6.10 Å². The summed E-state index contributed by atoms with van der Waals surface area (Å²) in [5.74, 6) is -0.00234. The molecule has 1 N–H and O–H groups in total. The van der Waals surface area contributed by atoms with E-state index in [1.54, 1.807) is 0 Å². The summed E-state index contributed by atoms with van der Waals surface area (Å²) in [5, 5.41) is 2.88. The van der Waals surface area contributed by atoms with Crippen molar-refractivity contribution in [3.05, 3.63) is 34.3 Å². The highest BCUT2D eigenvalue weighted by molar-refractivity contribution is 9.10. The topological polar surface area (TPSA) is 38.3 Å². The first-order valence-electron chi connectivity index (χ1n) is 5.39. The van der Waals surface area contributed by atoms with Crippen LogP contribution in [-0.2, 0) is 16.1 Å². The highest BCUT2D eigenvalue weighted by Crippen LogP contribution is 2.13. The van der Waals surface area contributed by atoms with E-state index in [9.17, 15) is 4.79 Å². The van der Waals surface area contributed by atoms with E-state index in [1.807, 2.05) is 24.3 Å². The molecule has 86 valence electrons. The minimum atomic E-state index is -0.243. The fourth-order valence-electron chi connectivity index (χ4n) is 1.73. The van der Waals surface area contributed by atoms with E-state index < -0.39 is 0 Å². The SMILES string of the molecule is O=C(NCc1cccc(Br)c1)[C@H]1CCCO1. The van der Waals surface area contributed by atoms with Gasteiger partial charge in [0.05, 0.1) is 0 Å². The van der Waals surface area contributed by atoms with E-state index in [0.29, 0.717) is 13.2 Å². The summed E-state index contributed by atoms with van der Waals surface area (Å²) < 4.78 is 6.33. The summed E-state index contributed by atoms with van der Waals surface area (Å²) in [7, 11) is 0. The first kappa shape index (κ1) is 11.6. The maximum atomic E-state index is 11.7. The number of hydrogen-bond donors (Lipinski definition) is 1. The molecular formula is C12H14BrNO2. The summed E-state index contributed by atoms with van der Waals surface area (Å²) in [4.78, 5) is 11.7. The fraction of sp³-hybridized carbons (Fsp3) is 0.417. The lowest BCUT2D eigenvalue weighted by molar-refractivity contribution is -0.130. The molecule has 0 aromatic heterocycles. The Morgan fingerprint density at radius 1 is 1.56 bits per heavy atom. The molecule has 0 radical (unpaired) electrons. The van der Waals surface area contributed by atoms with Crippen molar-refractivity contribution in [3.8, 4) is 0 Å². The molecule has 2 rings (SSSR count). The Morgan fingerprint density at radius 2 is 2.44 bits per heavy atom. The van der Waals surface area contributed by atoms with Gasteiger partial charge in [0.2, 0.25) is 5.91 Å². The molecule has 4 heteroatoms. The van der Waals surface area contributed by atoms with E-state index >= 15 is 0 Å². The van der Waals surface area contributed by atoms with Crippen LogP contribution >= 0.6 is 15.9 Å². The lowest BCUT2D eigenvalue weighted by atomic mass is 10.2. The molecular weight excluding hydrogens is 270 g/mol. The summed E-state index contributed by atoms with van der Waals surface area (Å²) in [5.41, 5.74) is 1.08. The maximum Gasteiger partial charge on any atom is 0.249 e. The van der Waals surface area contributed by atoms with Gasteiger partial charge in [-0.3, -0.25) is 4.79 Å². The molecule has 1 aliphatic heterocycles. The van der Waals surface area contributed by atoms with Crippen LogP contribution < -0.4 is 5.32 Å². The van der Waals surface area contributed by atoms with Gasteiger partial charge in [-0.15, -0.1) is 0 Å². The van der Waals surface area contributed by atoms with Gasteiger partial charge >= 0.3 is 0 Å². The Morgan fingerprint density at radius 3 is 3.12 bits per heavy atom. The van der Waals surface area contributed by atoms with Crippen LogP contribution in [0.15, 0.2) is 28.7 Å². The van der Waals surface area contributed by atoms with Gasteiger partial charge in [-0.05, 0) is 30.5 Å². The molecule has 0 saturated carbocycles. The quantitative estimate of drug-likeness (QED) is 0.924. The third kappa shape index (κ3) is 3.06. The second-order valence-corrected chi connectivity index (χ2v) is 4.77. The molecule has 1 atom stereocenters. The predicted octanol–water partition coefficient (Wildman–Crippen LogP) is 2.24. The Balaban J connectivity index is 1.84. The first-order chi connectivity index (χ1) is 7.75. The summed E-state index contributed by atoms with van der Waals surface area (Å²) in [6.45, 7) is 1.26. The number of amides is 1. The van der Waals surface area contributed by atoms with Gasteiger partial charge in [-0.25, -0.2) is 0 Å². The molecule has 1 aliphatic rings. The van der Waals surface area contributed by atoms with E-state index in [2.05, 4.69) is 21.2 Å². The molecule has 0 spiro atoms. The number of rotatable bonds is 3. The van der Waals surface area contributed by atoms with Gasteiger partial charge in [-0.1, -0.05) is 28.1 Å². The highest BCUT2D eigenvalue weighted by atomic mass is 79.9. The Bertz CT molecular complexity index is 375. The number of halogens is 1. The van der Waals surface area contributed by atoms with Crippen LogP contribution in [0.1, 0.15) is 18.4 Å². The van der Waals surface area contributed by atoms with Crippen molar-refractivity contribution in [3.63, 3.8) is 0 Å². The van der Waals surface area contributed by atoms with Crippen LogP contribution in [0.5, 0.6) is 0 Å². The Kier molecular flexibility index (Phi) is 3.96. The third-order valence-corrected chi connectivity index (χ3v) is 3.07. The number of carbonyl (C=O) groups excluding carboxylic acids is 1. The van der Waals surface area contributed by atoms with Crippen molar-refractivity contribution in [1.29, 1.82) is 0 Å². The fourth-order valence-corrected chi connectivity index (χ4v) is 2.18. The van der Waals surface area contributed by atoms with Gasteiger partial charge < -0.3 is 10.1 Å². The standard InChI is InChI=1S/C12H14BrNO2/c13-10-4-1-3-9(7-10)8-14-12(15)11-5-2-6-16-11/h1,3-4,7,11H,2,5-6,8H2,(H,14,15)/t11-/m1/s1. The van der Waals surface area contributed by atoms with Crippen LogP contribution in [-0.4, -0.2) is 18.6 Å². The number of hydrogen-bond acceptors (Lipinski definition) is 2. The average Bonchev–Trinajstić information content (AvgIpc) is 2.79. The molecule has 1 saturated heterocycles. The van der Waals surface area contributed by atoms with Gasteiger partial charge in [-0.2, -0.15) is 0 Å². The van der Waals surface area contributed by atoms with Crippen molar-refractivity contribution in [2.24, 2.45) is 0 Å². The van der Waals surface area contributed by atoms with Crippen LogP contribution in [0, 0.1) is 0 Å². The van der Waals surface area contributed by atoms with Crippen molar-refractivity contribution in [2.45, 2.75) is 25.5 Å². The van der Waals surface area contributed by atoms with E-state index in [4.69, 9.17) is 4.74 Å². The summed E-state index contributed by atoms with van der Waals surface area (Å²) in [6.07, 6.45) is 1.58. The Hall–Kier alpha value is -0.870. The van der Waals surface area contributed by atoms with Crippen molar-refractivity contribution >= 4 is 21.8 Å². The minimum Gasteiger partial charge on any atom is -0.368 e. The maximum absolute atomic E-state index is 11.7. The lowest BCUT2D eigenvalue weighted by Crippen LogP contribution is -2.33. The Labute approximate surface area is 103 Å². The first-order valence-corrected chi connectivity index (χ1v) is 6.19. The van der Waals surface area contributed by atoms with Crippen LogP contribution in [0.3, 0.4) is 0 Å². The van der Waals surface area contributed by atoms with Crippen molar-refractivity contribution < 1.29 is 9.53 Å². The van der Waals surface area contributed by atoms with E-state index in [1.165, 1.54) is 0 Å². The molecule has 0 bridgehead atoms. The minimum absolute atomic E-state index is 0.00234. The van der Waals surface area contributed by atoms with Gasteiger partial charge in [0.25, 0.3) is 0 Å². The third-order valence-electron chi connectivity index (χ3n) is 2.58. The summed E-state index contributed by atoms with van der Waals surface area (Å²) >= 11 is 3.40. The second kappa shape index (κ2) is 5.46. The average molecular weight is 284 g/mol. The molecule has 1 heterocycles. The molecule has 16 heavy (non-hydrogen) atoms. The van der Waals surface area contributed by atoms with Crippen LogP contribution in [0.25, 0.3) is 0 Å². The molecule has 1 amide bonds. The van der Waals surface area contributed by atoms with Crippen molar-refractivity contribution in [2.75, 3.05) is 6.61 Å². The number of benzene rings is 1. The molecule has 0 unspecified atom stereocenters. The largest absolute Gasteiger partial charge is 0.368 e. The number of nitrogens with one attached hydrogen (secondary N) is 1. The van der Waals surface area contributed by atoms with Gasteiger partial charge in [0.15, 0.2) is 0 Å². The summed E-state index contributed by atoms with van der Waals surface area (Å²) in [6, 6.07) is 7.90. The highest BCUT2D eigenvalue weighted by Gasteiger charge is 2.22. The van der Waals surface area contributed by atoms with E-state index in [0.717, 1.165) is 22.9 Å². The second-order valence-electron chi connectivity index (χ2n) is 3.85. The van der Waals surface area contributed by atoms with Crippen LogP contribution in [0.2, 0.25) is 0 Å². The molecule has 1 aromatic rings. The number of carbonyl (C=O) groups is 1. The van der Waals surface area contributed by atoms with Crippen molar-refractivity contribution in [1.82, 2.24) is 5.32 Å². The smallest absolute Gasteiger partial charge is 0.249 e. The van der Waals surface area contributed by atoms with Crippen LogP contribution in [0.4, 0.5) is 0 Å². The monoisotopic (exact) mass is 283 g/mol. The molecule has 1 aromatic carbocycles. The zero-order valence-electron chi connectivity index (χ0n) is 8.91. The zero-order valence-corrected chi connectivity index (χ0v) is 10.5. The lowest BCUT2D eigenvalue weighted by Gasteiger charge is -2.10. The molecule has 3 nitrogen and oxygen atoms in total. The molecule has 0 aliphatic carbocycles. The van der Waals surface area contributed by atoms with Gasteiger partial charge in [0, 0.05) is 17.6 Å². The molecule has 1 fully saturated rings. The zero-order chi connectivity index (χ0) is 11.4. The normalized spacial score (nSPS) is 19.7.